The van der Waals surface area contributed by atoms with Crippen molar-refractivity contribution < 1.29 is 36.6 Å². The van der Waals surface area contributed by atoms with Gasteiger partial charge in [0.25, 0.3) is 0 Å². The number of halogens is 6. The summed E-state index contributed by atoms with van der Waals surface area (Å²) in [5.74, 6) is -8.63. The van der Waals surface area contributed by atoms with Crippen LogP contribution in [0.3, 0.4) is 0 Å². The van der Waals surface area contributed by atoms with E-state index in [4.69, 9.17) is 5.11 Å². The summed E-state index contributed by atoms with van der Waals surface area (Å²) in [5.41, 5.74) is -1.60. The average Bonchev–Trinajstić information content (AvgIpc) is 2.33. The maximum absolute atomic E-state index is 13.8. The minimum atomic E-state index is -5.02. The molecule has 0 spiro atoms. The van der Waals surface area contributed by atoms with Crippen LogP contribution in [0.5, 0.6) is 5.75 Å². The number of ether oxygens (including phenoxy) is 1. The Morgan fingerprint density at radius 2 is 1.90 bits per heavy atom. The van der Waals surface area contributed by atoms with E-state index in [2.05, 4.69) is 20.7 Å². The second-order valence-corrected chi connectivity index (χ2v) is 4.58. The van der Waals surface area contributed by atoms with Crippen LogP contribution in [-0.2, 0) is 11.0 Å². The van der Waals surface area contributed by atoms with E-state index in [1.54, 1.807) is 0 Å². The zero-order valence-corrected chi connectivity index (χ0v) is 11.5. The fourth-order valence-electron chi connectivity index (χ4n) is 1.28. The molecule has 3 nitrogen and oxygen atoms in total. The first-order valence-electron chi connectivity index (χ1n) is 5.19. The molecule has 1 aromatic rings. The predicted octanol–water partition coefficient (Wildman–Crippen LogP) is 4.15. The summed E-state index contributed by atoms with van der Waals surface area (Å²) in [7, 11) is 0. The summed E-state index contributed by atoms with van der Waals surface area (Å²) in [6.07, 6.45) is -5.82. The van der Waals surface area contributed by atoms with Crippen LogP contribution in [0, 0.1) is 5.82 Å². The van der Waals surface area contributed by atoms with Gasteiger partial charge in [-0.1, -0.05) is 6.92 Å². The van der Waals surface area contributed by atoms with Crippen molar-refractivity contribution >= 4 is 21.9 Å². The van der Waals surface area contributed by atoms with Crippen molar-refractivity contribution in [3.63, 3.8) is 0 Å². The summed E-state index contributed by atoms with van der Waals surface area (Å²) in [6, 6.07) is 1.22. The van der Waals surface area contributed by atoms with Crippen molar-refractivity contribution in [2.75, 3.05) is 0 Å². The molecular formula is C11H8BrF5O3. The van der Waals surface area contributed by atoms with Crippen LogP contribution in [0.1, 0.15) is 18.9 Å². The highest BCUT2D eigenvalue weighted by molar-refractivity contribution is 9.10. The third-order valence-corrected chi connectivity index (χ3v) is 3.01. The Morgan fingerprint density at radius 1 is 1.35 bits per heavy atom. The molecule has 0 aromatic heterocycles. The zero-order valence-electron chi connectivity index (χ0n) is 9.89. The van der Waals surface area contributed by atoms with E-state index in [-0.39, 0.29) is 0 Å². The molecule has 0 bridgehead atoms. The van der Waals surface area contributed by atoms with Crippen molar-refractivity contribution in [3.8, 4) is 5.75 Å². The first kappa shape index (κ1) is 16.7. The number of carbonyl (C=O) groups is 1. The molecule has 0 saturated heterocycles. The Balaban J connectivity index is 3.43. The predicted molar refractivity (Wildman–Crippen MR) is 61.5 cm³/mol. The van der Waals surface area contributed by atoms with Gasteiger partial charge in [0, 0.05) is 6.42 Å². The van der Waals surface area contributed by atoms with Gasteiger partial charge in [-0.05, 0) is 28.1 Å². The number of aliphatic carboxylic acids is 1. The summed E-state index contributed by atoms with van der Waals surface area (Å²) < 4.78 is 69.4. The van der Waals surface area contributed by atoms with Gasteiger partial charge < -0.3 is 9.84 Å². The second-order valence-electron chi connectivity index (χ2n) is 3.73. The molecule has 0 aliphatic heterocycles. The van der Waals surface area contributed by atoms with Crippen LogP contribution < -0.4 is 4.74 Å². The topological polar surface area (TPSA) is 46.5 Å². The molecule has 1 rings (SSSR count). The van der Waals surface area contributed by atoms with E-state index in [0.29, 0.717) is 6.07 Å². The summed E-state index contributed by atoms with van der Waals surface area (Å²) in [4.78, 5) is 10.7. The van der Waals surface area contributed by atoms with Crippen molar-refractivity contribution in [1.82, 2.24) is 0 Å². The smallest absolute Gasteiger partial charge is 0.420 e. The van der Waals surface area contributed by atoms with Gasteiger partial charge in [0.15, 0.2) is 11.6 Å². The van der Waals surface area contributed by atoms with E-state index in [9.17, 15) is 26.7 Å². The molecule has 1 unspecified atom stereocenters. The SMILES string of the molecule is CCC(F)(Oc1c(C(F)(F)F)ccc(Br)c1F)C(=O)O. The van der Waals surface area contributed by atoms with E-state index in [0.717, 1.165) is 13.0 Å². The van der Waals surface area contributed by atoms with Gasteiger partial charge in [-0.3, -0.25) is 0 Å². The molecule has 0 saturated carbocycles. The monoisotopic (exact) mass is 362 g/mol. The first-order chi connectivity index (χ1) is 9.03. The number of rotatable bonds is 4. The van der Waals surface area contributed by atoms with E-state index >= 15 is 0 Å². The van der Waals surface area contributed by atoms with Crippen LogP contribution in [0.2, 0.25) is 0 Å². The van der Waals surface area contributed by atoms with Gasteiger partial charge in [-0.2, -0.15) is 17.6 Å². The Labute approximate surface area is 118 Å². The number of hydrogen-bond donors (Lipinski definition) is 1. The minimum absolute atomic E-state index is 0.413. The lowest BCUT2D eigenvalue weighted by molar-refractivity contribution is -0.177. The lowest BCUT2D eigenvalue weighted by Crippen LogP contribution is -2.40. The standard InChI is InChI=1S/C11H8BrF5O3/c1-2-10(14,9(18)19)20-8-5(11(15,16)17)3-4-6(12)7(8)13/h3-4H,2H2,1H3,(H,18,19). The van der Waals surface area contributed by atoms with Crippen molar-refractivity contribution in [2.24, 2.45) is 0 Å². The van der Waals surface area contributed by atoms with Crippen molar-refractivity contribution in [1.29, 1.82) is 0 Å². The molecule has 0 amide bonds. The van der Waals surface area contributed by atoms with Crippen LogP contribution in [0.4, 0.5) is 22.0 Å². The van der Waals surface area contributed by atoms with E-state index < -0.39 is 46.0 Å². The number of carboxylic acid groups (broad SMARTS) is 1. The summed E-state index contributed by atoms with van der Waals surface area (Å²) >= 11 is 2.62. The molecule has 1 aromatic carbocycles. The van der Waals surface area contributed by atoms with Gasteiger partial charge in [0.05, 0.1) is 4.47 Å². The Morgan fingerprint density at radius 3 is 2.30 bits per heavy atom. The molecule has 0 heterocycles. The quantitative estimate of drug-likeness (QED) is 0.818. The highest BCUT2D eigenvalue weighted by Gasteiger charge is 2.44. The Bertz CT molecular complexity index is 532. The minimum Gasteiger partial charge on any atom is -0.476 e. The normalized spacial score (nSPS) is 14.8. The molecule has 1 atom stereocenters. The van der Waals surface area contributed by atoms with Crippen LogP contribution >= 0.6 is 15.9 Å². The van der Waals surface area contributed by atoms with Gasteiger partial charge >= 0.3 is 18.0 Å². The number of hydrogen-bond acceptors (Lipinski definition) is 2. The summed E-state index contributed by atoms with van der Waals surface area (Å²) in [5, 5.41) is 8.63. The number of alkyl halides is 4. The summed E-state index contributed by atoms with van der Waals surface area (Å²) in [6.45, 7) is 1.04. The van der Waals surface area contributed by atoms with Crippen LogP contribution in [-0.4, -0.2) is 16.9 Å². The number of benzene rings is 1. The lowest BCUT2D eigenvalue weighted by Gasteiger charge is -2.23. The second kappa shape index (κ2) is 5.55. The van der Waals surface area contributed by atoms with Gasteiger partial charge in [-0.25, -0.2) is 9.18 Å². The fourth-order valence-corrected chi connectivity index (χ4v) is 1.60. The van der Waals surface area contributed by atoms with Gasteiger partial charge in [0.1, 0.15) is 5.56 Å². The maximum atomic E-state index is 13.8. The number of carboxylic acids is 1. The lowest BCUT2D eigenvalue weighted by atomic mass is 10.1. The van der Waals surface area contributed by atoms with E-state index in [1.165, 1.54) is 0 Å². The highest BCUT2D eigenvalue weighted by Crippen LogP contribution is 2.41. The van der Waals surface area contributed by atoms with Crippen LogP contribution in [0.15, 0.2) is 16.6 Å². The molecule has 9 heteroatoms. The Hall–Kier alpha value is -1.38. The molecule has 0 aliphatic rings. The van der Waals surface area contributed by atoms with Gasteiger partial charge in [0.2, 0.25) is 0 Å². The zero-order chi connectivity index (χ0) is 15.7. The molecule has 1 N–H and O–H groups in total. The molecule has 0 fully saturated rings. The maximum Gasteiger partial charge on any atom is 0.420 e. The first-order valence-corrected chi connectivity index (χ1v) is 5.98. The highest BCUT2D eigenvalue weighted by atomic mass is 79.9. The van der Waals surface area contributed by atoms with E-state index in [1.807, 2.05) is 0 Å². The molecule has 20 heavy (non-hydrogen) atoms. The third-order valence-electron chi connectivity index (χ3n) is 2.39. The van der Waals surface area contributed by atoms with Crippen LogP contribution in [0.25, 0.3) is 0 Å². The van der Waals surface area contributed by atoms with Gasteiger partial charge in [-0.15, -0.1) is 0 Å². The largest absolute Gasteiger partial charge is 0.476 e. The average molecular weight is 363 g/mol. The Kier molecular flexibility index (Phi) is 4.62. The third kappa shape index (κ3) is 3.20. The van der Waals surface area contributed by atoms with Crippen molar-refractivity contribution in [2.45, 2.75) is 25.4 Å². The molecular weight excluding hydrogens is 355 g/mol. The molecule has 112 valence electrons. The molecule has 0 radical (unpaired) electrons. The fraction of sp³-hybridized carbons (Fsp3) is 0.364. The van der Waals surface area contributed by atoms with Crippen molar-refractivity contribution in [3.05, 3.63) is 28.0 Å². The molecule has 0 aliphatic carbocycles.